The summed E-state index contributed by atoms with van der Waals surface area (Å²) in [7, 11) is 0. The fourth-order valence-corrected chi connectivity index (χ4v) is 4.37. The molecule has 0 unspecified atom stereocenters. The molecule has 0 bridgehead atoms. The number of aryl methyl sites for hydroxylation is 1. The molecule has 0 fully saturated rings. The van der Waals surface area contributed by atoms with Gasteiger partial charge < -0.3 is 20.9 Å². The fourth-order valence-electron chi connectivity index (χ4n) is 4.37. The number of amides is 2. The van der Waals surface area contributed by atoms with Crippen molar-refractivity contribution < 1.29 is 14.5 Å². The number of aromatic nitrogens is 2. The van der Waals surface area contributed by atoms with Crippen LogP contribution in [0.15, 0.2) is 72.9 Å². The van der Waals surface area contributed by atoms with Gasteiger partial charge in [0, 0.05) is 60.7 Å². The average molecular weight is 523 g/mol. The molecule has 0 aliphatic carbocycles. The van der Waals surface area contributed by atoms with Gasteiger partial charge in [0.15, 0.2) is 0 Å². The number of aromatic amines is 1. The van der Waals surface area contributed by atoms with E-state index < -0.39 is 4.92 Å². The highest BCUT2D eigenvalue weighted by Crippen LogP contribution is 2.39. The van der Waals surface area contributed by atoms with Crippen LogP contribution in [-0.2, 0) is 22.6 Å². The van der Waals surface area contributed by atoms with E-state index in [-0.39, 0.29) is 17.5 Å². The van der Waals surface area contributed by atoms with E-state index in [1.807, 2.05) is 61.7 Å². The lowest BCUT2D eigenvalue weighted by Crippen LogP contribution is -2.18. The van der Waals surface area contributed by atoms with E-state index in [2.05, 4.69) is 25.9 Å². The molecule has 0 saturated heterocycles. The molecule has 0 radical (unpaired) electrons. The Hall–Kier alpha value is -5.25. The number of non-ortho nitro benzene ring substituents is 1. The zero-order chi connectivity index (χ0) is 27.5. The van der Waals surface area contributed by atoms with Crippen molar-refractivity contribution in [2.75, 3.05) is 10.6 Å². The number of hydrogen-bond acceptors (Lipinski definition) is 6. The first-order valence-electron chi connectivity index (χ1n) is 12.4. The minimum absolute atomic E-state index is 0.109. The molecule has 1 aromatic heterocycles. The van der Waals surface area contributed by atoms with Crippen LogP contribution in [0.4, 0.5) is 17.1 Å². The van der Waals surface area contributed by atoms with Gasteiger partial charge in [-0.15, -0.1) is 0 Å². The highest BCUT2D eigenvalue weighted by atomic mass is 16.6. The average Bonchev–Trinajstić information content (AvgIpc) is 3.55. The minimum atomic E-state index is -0.484. The number of fused-ring (bicyclic) bond motifs is 1. The Balaban J connectivity index is 1.56. The smallest absolute Gasteiger partial charge is 0.270 e. The summed E-state index contributed by atoms with van der Waals surface area (Å²) in [6, 6.07) is 19.4. The highest BCUT2D eigenvalue weighted by molar-refractivity contribution is 6.37. The largest absolute Gasteiger partial charge is 0.354 e. The summed E-state index contributed by atoms with van der Waals surface area (Å²) in [6.07, 6.45) is 2.67. The standard InChI is InChI=1S/C29H26N6O4/c1-3-26-31-16-25(33-26)19-8-10-21(11-9-19)32-28(20-6-4-18(5-7-20)15-30-17(2)36)27-23-14-22(35(38)39)12-13-24(23)34-29(27)37/h4-14,16,32H,3,15H2,1-2H3,(H,30,36)(H,31,33)(H,34,37)/b28-27-. The van der Waals surface area contributed by atoms with Gasteiger partial charge in [0.2, 0.25) is 5.91 Å². The van der Waals surface area contributed by atoms with E-state index in [0.29, 0.717) is 34.6 Å². The number of imidazole rings is 1. The molecule has 1 aliphatic rings. The number of carbonyl (C=O) groups is 2. The fraction of sp³-hybridized carbons (Fsp3) is 0.138. The van der Waals surface area contributed by atoms with E-state index in [1.165, 1.54) is 25.1 Å². The monoisotopic (exact) mass is 522 g/mol. The number of nitro benzene ring substituents is 1. The van der Waals surface area contributed by atoms with Gasteiger partial charge in [-0.3, -0.25) is 19.7 Å². The summed E-state index contributed by atoms with van der Waals surface area (Å²) < 4.78 is 0. The van der Waals surface area contributed by atoms with E-state index in [0.717, 1.165) is 34.8 Å². The van der Waals surface area contributed by atoms with E-state index in [1.54, 1.807) is 0 Å². The quantitative estimate of drug-likeness (QED) is 0.144. The Morgan fingerprint density at radius 2 is 1.79 bits per heavy atom. The molecule has 3 aromatic carbocycles. The Bertz CT molecular complexity index is 1600. The van der Waals surface area contributed by atoms with Crippen molar-refractivity contribution in [1.82, 2.24) is 15.3 Å². The van der Waals surface area contributed by atoms with Gasteiger partial charge >= 0.3 is 0 Å². The molecule has 10 nitrogen and oxygen atoms in total. The van der Waals surface area contributed by atoms with Crippen LogP contribution in [0.25, 0.3) is 22.5 Å². The molecule has 1 aliphatic heterocycles. The first-order valence-corrected chi connectivity index (χ1v) is 12.4. The van der Waals surface area contributed by atoms with Crippen LogP contribution < -0.4 is 16.0 Å². The van der Waals surface area contributed by atoms with Gasteiger partial charge in [-0.25, -0.2) is 4.98 Å². The molecule has 4 aromatic rings. The molecular weight excluding hydrogens is 496 g/mol. The lowest BCUT2D eigenvalue weighted by molar-refractivity contribution is -0.384. The SMILES string of the molecule is CCc1nc(-c2ccc(N/C(=C3\C(=O)Nc4ccc([N+](=O)[O-])cc43)c3ccc(CNC(C)=O)cc3)cc2)c[nH]1. The minimum Gasteiger partial charge on any atom is -0.354 e. The van der Waals surface area contributed by atoms with Gasteiger partial charge in [0.25, 0.3) is 11.6 Å². The lowest BCUT2D eigenvalue weighted by atomic mass is 9.98. The van der Waals surface area contributed by atoms with Gasteiger partial charge in [0.1, 0.15) is 5.82 Å². The maximum atomic E-state index is 13.2. The first kappa shape index (κ1) is 25.4. The first-order chi connectivity index (χ1) is 18.8. The van der Waals surface area contributed by atoms with Crippen molar-refractivity contribution >= 4 is 40.1 Å². The normalized spacial score (nSPS) is 13.4. The van der Waals surface area contributed by atoms with Crippen LogP contribution in [-0.4, -0.2) is 26.7 Å². The van der Waals surface area contributed by atoms with Crippen LogP contribution in [0.3, 0.4) is 0 Å². The number of hydrogen-bond donors (Lipinski definition) is 4. The predicted octanol–water partition coefficient (Wildman–Crippen LogP) is 5.12. The number of benzene rings is 3. The van der Waals surface area contributed by atoms with E-state index in [4.69, 9.17) is 0 Å². The zero-order valence-electron chi connectivity index (χ0n) is 21.4. The molecular formula is C29H26N6O4. The third kappa shape index (κ3) is 5.40. The number of carbonyl (C=O) groups excluding carboxylic acids is 2. The Labute approximate surface area is 224 Å². The molecule has 39 heavy (non-hydrogen) atoms. The molecule has 0 saturated carbocycles. The number of nitrogens with one attached hydrogen (secondary N) is 4. The number of rotatable bonds is 8. The molecule has 2 amide bonds. The van der Waals surface area contributed by atoms with Gasteiger partial charge in [-0.1, -0.05) is 43.3 Å². The topological polar surface area (TPSA) is 142 Å². The Kier molecular flexibility index (Phi) is 6.92. The van der Waals surface area contributed by atoms with Crippen molar-refractivity contribution in [3.8, 4) is 11.3 Å². The predicted molar refractivity (Wildman–Crippen MR) is 150 cm³/mol. The molecule has 4 N–H and O–H groups in total. The number of nitro groups is 1. The van der Waals surface area contributed by atoms with Crippen LogP contribution in [0.2, 0.25) is 0 Å². The molecule has 5 rings (SSSR count). The lowest BCUT2D eigenvalue weighted by Gasteiger charge is -2.16. The van der Waals surface area contributed by atoms with Crippen LogP contribution in [0.1, 0.15) is 36.4 Å². The van der Waals surface area contributed by atoms with Gasteiger partial charge in [-0.05, 0) is 29.3 Å². The number of H-pyrrole nitrogens is 1. The van der Waals surface area contributed by atoms with Crippen molar-refractivity contribution in [2.45, 2.75) is 26.8 Å². The summed E-state index contributed by atoms with van der Waals surface area (Å²) in [5, 5.41) is 20.4. The van der Waals surface area contributed by atoms with Gasteiger partial charge in [0.05, 0.1) is 21.9 Å². The molecule has 0 atom stereocenters. The zero-order valence-corrected chi connectivity index (χ0v) is 21.4. The molecule has 0 spiro atoms. The molecule has 196 valence electrons. The van der Waals surface area contributed by atoms with Gasteiger partial charge in [-0.2, -0.15) is 0 Å². The Morgan fingerprint density at radius 1 is 1.05 bits per heavy atom. The summed E-state index contributed by atoms with van der Waals surface area (Å²) in [6.45, 7) is 3.86. The second-order valence-corrected chi connectivity index (χ2v) is 9.09. The summed E-state index contributed by atoms with van der Waals surface area (Å²) in [4.78, 5) is 43.2. The second kappa shape index (κ2) is 10.6. The summed E-state index contributed by atoms with van der Waals surface area (Å²) in [5.41, 5.74) is 5.72. The maximum absolute atomic E-state index is 13.2. The summed E-state index contributed by atoms with van der Waals surface area (Å²) in [5.74, 6) is 0.408. The number of anilines is 2. The van der Waals surface area contributed by atoms with Crippen molar-refractivity contribution in [3.05, 3.63) is 106 Å². The third-order valence-electron chi connectivity index (χ3n) is 6.41. The summed E-state index contributed by atoms with van der Waals surface area (Å²) >= 11 is 0. The number of nitrogens with zero attached hydrogens (tertiary/aromatic N) is 2. The van der Waals surface area contributed by atoms with E-state index >= 15 is 0 Å². The second-order valence-electron chi connectivity index (χ2n) is 9.09. The van der Waals surface area contributed by atoms with Crippen molar-refractivity contribution in [3.63, 3.8) is 0 Å². The molecule has 10 heteroatoms. The molecule has 2 heterocycles. The maximum Gasteiger partial charge on any atom is 0.270 e. The van der Waals surface area contributed by atoms with Crippen molar-refractivity contribution in [2.24, 2.45) is 0 Å². The van der Waals surface area contributed by atoms with Crippen LogP contribution in [0.5, 0.6) is 0 Å². The Morgan fingerprint density at radius 3 is 2.44 bits per heavy atom. The highest BCUT2D eigenvalue weighted by Gasteiger charge is 2.30. The van der Waals surface area contributed by atoms with Crippen molar-refractivity contribution in [1.29, 1.82) is 0 Å². The van der Waals surface area contributed by atoms with Crippen LogP contribution >= 0.6 is 0 Å². The third-order valence-corrected chi connectivity index (χ3v) is 6.41. The van der Waals surface area contributed by atoms with Crippen LogP contribution in [0, 0.1) is 10.1 Å². The van der Waals surface area contributed by atoms with E-state index in [9.17, 15) is 19.7 Å².